The lowest BCUT2D eigenvalue weighted by molar-refractivity contribution is -0.156. The molecule has 5 nitrogen and oxygen atoms in total. The van der Waals surface area contributed by atoms with Crippen molar-refractivity contribution in [3.63, 3.8) is 0 Å². The molecule has 19 heavy (non-hydrogen) atoms. The first-order valence-electron chi connectivity index (χ1n) is 6.25. The van der Waals surface area contributed by atoms with E-state index in [2.05, 4.69) is 0 Å². The van der Waals surface area contributed by atoms with Crippen LogP contribution in [-0.2, 0) is 14.3 Å². The number of thioether (sulfide) groups is 1. The Hall–Kier alpha value is -0.750. The summed E-state index contributed by atoms with van der Waals surface area (Å²) in [5, 5.41) is -0.358. The lowest BCUT2D eigenvalue weighted by atomic mass is 10.2. The van der Waals surface area contributed by atoms with Gasteiger partial charge in [0.05, 0.1) is 0 Å². The van der Waals surface area contributed by atoms with Crippen molar-refractivity contribution in [3.8, 4) is 0 Å². The van der Waals surface area contributed by atoms with Gasteiger partial charge in [-0.1, -0.05) is 0 Å². The lowest BCUT2D eigenvalue weighted by Gasteiger charge is -2.22. The van der Waals surface area contributed by atoms with Crippen LogP contribution in [0.15, 0.2) is 0 Å². The van der Waals surface area contributed by atoms with Crippen LogP contribution in [0.25, 0.3) is 0 Å². The first-order chi connectivity index (χ1) is 8.41. The van der Waals surface area contributed by atoms with Crippen LogP contribution in [0.1, 0.15) is 48.0 Å². The molecule has 0 amide bonds. The van der Waals surface area contributed by atoms with Gasteiger partial charge in [-0.05, 0) is 59.7 Å². The average Bonchev–Trinajstić information content (AvgIpc) is 2.11. The normalized spacial score (nSPS) is 13.8. The maximum Gasteiger partial charge on any atom is 0.367 e. The molecular formula is C13H25NO4S. The molecule has 0 aliphatic carbocycles. The molecule has 2 N–H and O–H groups in total. The van der Waals surface area contributed by atoms with Gasteiger partial charge in [-0.3, -0.25) is 4.79 Å². The first-order valence-corrected chi connectivity index (χ1v) is 7.23. The Kier molecular flexibility index (Phi) is 6.86. The van der Waals surface area contributed by atoms with Crippen LogP contribution in [0.3, 0.4) is 0 Å². The monoisotopic (exact) mass is 291 g/mol. The Labute approximate surface area is 119 Å². The molecule has 0 aliphatic heterocycles. The summed E-state index contributed by atoms with van der Waals surface area (Å²) < 4.78 is 10.3. The topological polar surface area (TPSA) is 78.6 Å². The van der Waals surface area contributed by atoms with E-state index in [1.165, 1.54) is 0 Å². The first kappa shape index (κ1) is 18.2. The summed E-state index contributed by atoms with van der Waals surface area (Å²) in [7, 11) is 0. The van der Waals surface area contributed by atoms with E-state index in [1.54, 1.807) is 41.5 Å². The van der Waals surface area contributed by atoms with E-state index >= 15 is 0 Å². The Bertz CT molecular complexity index is 318. The maximum atomic E-state index is 11.6. The fourth-order valence-corrected chi connectivity index (χ4v) is 1.89. The third-order valence-corrected chi connectivity index (χ3v) is 2.51. The van der Waals surface area contributed by atoms with Crippen LogP contribution in [-0.4, -0.2) is 34.3 Å². The summed E-state index contributed by atoms with van der Waals surface area (Å²) in [6.45, 7) is 10.8. The lowest BCUT2D eigenvalue weighted by Crippen LogP contribution is -2.37. The van der Waals surface area contributed by atoms with E-state index in [4.69, 9.17) is 15.2 Å². The molecule has 0 rings (SSSR count). The van der Waals surface area contributed by atoms with Crippen molar-refractivity contribution < 1.29 is 19.1 Å². The molecule has 0 unspecified atom stereocenters. The number of rotatable bonds is 4. The van der Waals surface area contributed by atoms with E-state index in [9.17, 15) is 9.59 Å². The zero-order chi connectivity index (χ0) is 15.3. The average molecular weight is 291 g/mol. The Morgan fingerprint density at radius 2 is 1.53 bits per heavy atom. The van der Waals surface area contributed by atoms with Crippen molar-refractivity contribution in [1.82, 2.24) is 0 Å². The molecule has 0 aromatic heterocycles. The highest BCUT2D eigenvalue weighted by Gasteiger charge is 2.23. The predicted octanol–water partition coefficient (Wildman–Crippen LogP) is 2.71. The third kappa shape index (κ3) is 10.8. The second-order valence-electron chi connectivity index (χ2n) is 6.24. The van der Waals surface area contributed by atoms with Gasteiger partial charge in [0.2, 0.25) is 0 Å². The van der Waals surface area contributed by atoms with Crippen LogP contribution in [0.5, 0.6) is 0 Å². The number of hydrogen-bond donors (Lipinski definition) is 1. The van der Waals surface area contributed by atoms with Gasteiger partial charge in [0.1, 0.15) is 17.2 Å². The van der Waals surface area contributed by atoms with E-state index in [0.29, 0.717) is 12.2 Å². The molecule has 0 aromatic rings. The van der Waals surface area contributed by atoms with Crippen molar-refractivity contribution in [2.75, 3.05) is 5.75 Å². The standard InChI is InChI=1S/C13H25NO4S/c1-12(2,3)17-10(15)9(14)7-8-19-11(16)18-13(4,5)6/h9H,7-8,14H2,1-6H3/t9-/m0/s1. The fourth-order valence-electron chi connectivity index (χ4n) is 1.04. The Balaban J connectivity index is 3.95. The highest BCUT2D eigenvalue weighted by atomic mass is 32.2. The van der Waals surface area contributed by atoms with Crippen LogP contribution in [0.2, 0.25) is 0 Å². The van der Waals surface area contributed by atoms with Crippen LogP contribution in [0, 0.1) is 0 Å². The quantitative estimate of drug-likeness (QED) is 0.802. The number of carbonyl (C=O) groups excluding carboxylic acids is 2. The highest BCUT2D eigenvalue weighted by Crippen LogP contribution is 2.16. The second kappa shape index (κ2) is 7.14. The van der Waals surface area contributed by atoms with Crippen LogP contribution >= 0.6 is 11.8 Å². The van der Waals surface area contributed by atoms with E-state index in [0.717, 1.165) is 11.8 Å². The van der Waals surface area contributed by atoms with Crippen molar-refractivity contribution in [3.05, 3.63) is 0 Å². The molecule has 0 radical (unpaired) electrons. The number of carbonyl (C=O) groups is 2. The van der Waals surface area contributed by atoms with E-state index in [1.807, 2.05) is 0 Å². The van der Waals surface area contributed by atoms with Gasteiger partial charge in [-0.15, -0.1) is 0 Å². The van der Waals surface area contributed by atoms with E-state index < -0.39 is 23.2 Å². The van der Waals surface area contributed by atoms with Gasteiger partial charge in [0.25, 0.3) is 0 Å². The molecule has 0 fully saturated rings. The summed E-state index contributed by atoms with van der Waals surface area (Å²) in [4.78, 5) is 23.0. The molecular weight excluding hydrogens is 266 g/mol. The third-order valence-electron chi connectivity index (χ3n) is 1.75. The Morgan fingerprint density at radius 3 is 1.95 bits per heavy atom. The summed E-state index contributed by atoms with van der Waals surface area (Å²) >= 11 is 1.02. The summed E-state index contributed by atoms with van der Waals surface area (Å²) in [6.07, 6.45) is 0.374. The molecule has 0 bridgehead atoms. The van der Waals surface area contributed by atoms with Gasteiger partial charge >= 0.3 is 11.3 Å². The number of hydrogen-bond acceptors (Lipinski definition) is 6. The van der Waals surface area contributed by atoms with Gasteiger partial charge < -0.3 is 15.2 Å². The Morgan fingerprint density at radius 1 is 1.05 bits per heavy atom. The minimum atomic E-state index is -0.714. The predicted molar refractivity (Wildman–Crippen MR) is 77.1 cm³/mol. The highest BCUT2D eigenvalue weighted by molar-refractivity contribution is 8.13. The second-order valence-corrected chi connectivity index (χ2v) is 7.27. The van der Waals surface area contributed by atoms with Crippen LogP contribution in [0.4, 0.5) is 4.79 Å². The van der Waals surface area contributed by atoms with Crippen LogP contribution < -0.4 is 5.73 Å². The maximum absolute atomic E-state index is 11.6. The number of ether oxygens (including phenoxy) is 2. The van der Waals surface area contributed by atoms with Crippen molar-refractivity contribution in [1.29, 1.82) is 0 Å². The summed E-state index contributed by atoms with van der Waals surface area (Å²) in [5.41, 5.74) is 4.65. The van der Waals surface area contributed by atoms with Crippen molar-refractivity contribution in [2.45, 2.75) is 65.2 Å². The zero-order valence-corrected chi connectivity index (χ0v) is 13.4. The molecule has 0 saturated heterocycles. The number of nitrogens with two attached hydrogens (primary N) is 1. The molecule has 1 atom stereocenters. The smallest absolute Gasteiger partial charge is 0.367 e. The molecule has 112 valence electrons. The van der Waals surface area contributed by atoms with Gasteiger partial charge in [-0.25, -0.2) is 4.79 Å². The largest absolute Gasteiger partial charge is 0.459 e. The van der Waals surface area contributed by atoms with Crippen molar-refractivity contribution >= 4 is 23.0 Å². The zero-order valence-electron chi connectivity index (χ0n) is 12.6. The van der Waals surface area contributed by atoms with Crippen molar-refractivity contribution in [2.24, 2.45) is 5.73 Å². The molecule has 0 spiro atoms. The van der Waals surface area contributed by atoms with Gasteiger partial charge in [0, 0.05) is 5.75 Å². The SMILES string of the molecule is CC(C)(C)OC(=O)SCC[C@H](N)C(=O)OC(C)(C)C. The fraction of sp³-hybridized carbons (Fsp3) is 0.846. The molecule has 0 aromatic carbocycles. The molecule has 0 heterocycles. The van der Waals surface area contributed by atoms with Gasteiger partial charge in [-0.2, -0.15) is 0 Å². The molecule has 0 aliphatic rings. The van der Waals surface area contributed by atoms with E-state index in [-0.39, 0.29) is 5.30 Å². The minimum Gasteiger partial charge on any atom is -0.459 e. The molecule has 0 saturated carbocycles. The molecule has 6 heteroatoms. The number of esters is 1. The minimum absolute atomic E-state index is 0.358. The summed E-state index contributed by atoms with van der Waals surface area (Å²) in [6, 6.07) is -0.714. The summed E-state index contributed by atoms with van der Waals surface area (Å²) in [5.74, 6) is -0.0210. The van der Waals surface area contributed by atoms with Gasteiger partial charge in [0.15, 0.2) is 0 Å².